The van der Waals surface area contributed by atoms with Crippen LogP contribution in [0.25, 0.3) is 0 Å². The van der Waals surface area contributed by atoms with Crippen molar-refractivity contribution in [3.8, 4) is 0 Å². The highest BCUT2D eigenvalue weighted by atomic mass is 32.2. The lowest BCUT2D eigenvalue weighted by Crippen LogP contribution is -2.36. The zero-order valence-electron chi connectivity index (χ0n) is 27.7. The molecule has 0 aromatic carbocycles. The number of nitrogens with one attached hydrogen (secondary N) is 4. The van der Waals surface area contributed by atoms with Crippen LogP contribution in [0, 0.1) is 11.8 Å². The number of ketones is 1. The third-order valence-corrected chi connectivity index (χ3v) is 10.8. The van der Waals surface area contributed by atoms with Crippen LogP contribution in [-0.2, 0) is 14.4 Å². The van der Waals surface area contributed by atoms with Crippen molar-refractivity contribution in [2.75, 3.05) is 18.8 Å². The Morgan fingerprint density at radius 3 is 2.43 bits per heavy atom. The number of hydrogen-bond donors (Lipinski definition) is 6. The van der Waals surface area contributed by atoms with Crippen molar-refractivity contribution in [3.05, 3.63) is 24.3 Å². The molecule has 6 N–H and O–H groups in total. The molecule has 0 unspecified atom stereocenters. The Hall–Kier alpha value is -2.37. The van der Waals surface area contributed by atoms with Crippen LogP contribution < -0.4 is 21.3 Å². The van der Waals surface area contributed by atoms with Gasteiger partial charge in [-0.15, -0.1) is 0 Å². The maximum Gasteiger partial charge on any atom is 0.315 e. The predicted octanol–water partition coefficient (Wildman–Crippen LogP) is 4.30. The van der Waals surface area contributed by atoms with Crippen molar-refractivity contribution in [1.82, 2.24) is 21.3 Å². The zero-order chi connectivity index (χ0) is 33.1. The summed E-state index contributed by atoms with van der Waals surface area (Å²) < 4.78 is 0. The van der Waals surface area contributed by atoms with Gasteiger partial charge in [-0.1, -0.05) is 56.9 Å². The van der Waals surface area contributed by atoms with Gasteiger partial charge in [0.15, 0.2) is 0 Å². The van der Waals surface area contributed by atoms with E-state index in [0.29, 0.717) is 44.0 Å². The van der Waals surface area contributed by atoms with Crippen molar-refractivity contribution in [3.63, 3.8) is 0 Å². The van der Waals surface area contributed by atoms with Gasteiger partial charge in [0.05, 0.1) is 24.3 Å². The summed E-state index contributed by atoms with van der Waals surface area (Å²) in [5, 5.41) is 32.9. The first-order chi connectivity index (χ1) is 22.3. The number of aliphatic hydroxyl groups excluding tert-OH is 2. The number of unbranched alkanes of at least 4 members (excludes halogenated alkanes) is 6. The minimum Gasteiger partial charge on any atom is -0.392 e. The molecule has 2 aliphatic heterocycles. The molecule has 10 nitrogen and oxygen atoms in total. The number of fused-ring (bicyclic) bond motifs is 1. The fourth-order valence-corrected chi connectivity index (χ4v) is 8.10. The van der Waals surface area contributed by atoms with Gasteiger partial charge in [-0.25, -0.2) is 4.79 Å². The minimum absolute atomic E-state index is 0.0385. The van der Waals surface area contributed by atoms with Crippen LogP contribution in [0.4, 0.5) is 4.79 Å². The van der Waals surface area contributed by atoms with Crippen LogP contribution in [0.2, 0.25) is 0 Å². The predicted molar refractivity (Wildman–Crippen MR) is 183 cm³/mol. The highest BCUT2D eigenvalue weighted by Gasteiger charge is 2.42. The SMILES string of the molecule is CCCCC[C@@H](O)/C=C/[C@H]1[C@H](O)CC(=O)[C@@H]1C/C=C\CCCC(=O)NCCCCCNC(=O)CCCC[C@H]1SC[C@H]2NC(=O)N[C@@H]21. The van der Waals surface area contributed by atoms with Crippen LogP contribution in [0.3, 0.4) is 0 Å². The van der Waals surface area contributed by atoms with E-state index in [2.05, 4.69) is 28.2 Å². The second-order valence-corrected chi connectivity index (χ2v) is 14.4. The fraction of sp³-hybridized carbons (Fsp3) is 0.771. The summed E-state index contributed by atoms with van der Waals surface area (Å²) >= 11 is 1.90. The van der Waals surface area contributed by atoms with Gasteiger partial charge in [-0.3, -0.25) is 14.4 Å². The first-order valence-electron chi connectivity index (χ1n) is 17.7. The average molecular weight is 663 g/mol. The Morgan fingerprint density at radius 1 is 0.957 bits per heavy atom. The van der Waals surface area contributed by atoms with Gasteiger partial charge >= 0.3 is 6.03 Å². The number of carbonyl (C=O) groups excluding carboxylic acids is 4. The molecule has 2 saturated heterocycles. The molecule has 3 aliphatic rings. The number of aliphatic hydroxyl groups is 2. The summed E-state index contributed by atoms with van der Waals surface area (Å²) in [6.07, 6.45) is 18.9. The van der Waals surface area contributed by atoms with Crippen LogP contribution >= 0.6 is 11.8 Å². The lowest BCUT2D eigenvalue weighted by Gasteiger charge is -2.16. The topological polar surface area (TPSA) is 157 Å². The maximum absolute atomic E-state index is 12.4. The molecule has 7 atom stereocenters. The second kappa shape index (κ2) is 21.5. The summed E-state index contributed by atoms with van der Waals surface area (Å²) in [4.78, 5) is 48.2. The average Bonchev–Trinajstić information content (AvgIpc) is 3.66. The van der Waals surface area contributed by atoms with Crippen molar-refractivity contribution in [2.45, 2.75) is 139 Å². The molecule has 260 valence electrons. The van der Waals surface area contributed by atoms with Gasteiger partial charge in [0.2, 0.25) is 11.8 Å². The first kappa shape index (κ1) is 38.1. The summed E-state index contributed by atoms with van der Waals surface area (Å²) in [6.45, 7) is 3.41. The van der Waals surface area contributed by atoms with E-state index >= 15 is 0 Å². The van der Waals surface area contributed by atoms with Gasteiger partial charge in [-0.2, -0.15) is 11.8 Å². The van der Waals surface area contributed by atoms with Gasteiger partial charge < -0.3 is 31.5 Å². The summed E-state index contributed by atoms with van der Waals surface area (Å²) in [5.41, 5.74) is 0. The van der Waals surface area contributed by atoms with E-state index in [9.17, 15) is 29.4 Å². The van der Waals surface area contributed by atoms with Gasteiger partial charge in [0.1, 0.15) is 5.78 Å². The number of thioether (sulfide) groups is 1. The van der Waals surface area contributed by atoms with E-state index in [4.69, 9.17) is 0 Å². The summed E-state index contributed by atoms with van der Waals surface area (Å²) in [7, 11) is 0. The van der Waals surface area contributed by atoms with Crippen LogP contribution in [-0.4, -0.2) is 82.2 Å². The number of carbonyl (C=O) groups is 4. The van der Waals surface area contributed by atoms with Crippen molar-refractivity contribution in [2.24, 2.45) is 11.8 Å². The molecular formula is C35H58N4O6S. The summed E-state index contributed by atoms with van der Waals surface area (Å²) in [6, 6.07) is 0.407. The van der Waals surface area contributed by atoms with E-state index in [1.54, 1.807) is 6.08 Å². The fourth-order valence-electron chi connectivity index (χ4n) is 6.56. The molecule has 0 bridgehead atoms. The molecule has 11 heteroatoms. The van der Waals surface area contributed by atoms with Crippen LogP contribution in [0.1, 0.15) is 110 Å². The molecule has 0 aromatic heterocycles. The molecule has 3 rings (SSSR count). The van der Waals surface area contributed by atoms with E-state index in [1.807, 2.05) is 30.0 Å². The van der Waals surface area contributed by atoms with Crippen molar-refractivity contribution >= 4 is 35.4 Å². The highest BCUT2D eigenvalue weighted by molar-refractivity contribution is 8.00. The van der Waals surface area contributed by atoms with E-state index in [1.165, 1.54) is 0 Å². The Balaban J connectivity index is 1.13. The van der Waals surface area contributed by atoms with Gasteiger partial charge in [0.25, 0.3) is 0 Å². The molecule has 4 amide bonds. The zero-order valence-corrected chi connectivity index (χ0v) is 28.5. The molecule has 46 heavy (non-hydrogen) atoms. The molecule has 1 aliphatic carbocycles. The molecule has 1 saturated carbocycles. The van der Waals surface area contributed by atoms with E-state index in [-0.39, 0.29) is 54.0 Å². The Kier molecular flexibility index (Phi) is 17.8. The number of urea groups is 1. The third-order valence-electron chi connectivity index (χ3n) is 9.30. The molecular weight excluding hydrogens is 604 g/mol. The molecule has 0 aromatic rings. The molecule has 0 radical (unpaired) electrons. The quantitative estimate of drug-likeness (QED) is 0.0541. The Labute approximate surface area is 279 Å². The smallest absolute Gasteiger partial charge is 0.315 e. The maximum atomic E-state index is 12.4. The molecule has 0 spiro atoms. The molecule has 2 heterocycles. The first-order valence-corrected chi connectivity index (χ1v) is 18.8. The number of amides is 4. The lowest BCUT2D eigenvalue weighted by molar-refractivity contribution is -0.122. The normalized spacial score (nSPS) is 26.4. The Bertz CT molecular complexity index is 1020. The Morgan fingerprint density at radius 2 is 1.70 bits per heavy atom. The number of rotatable bonds is 23. The monoisotopic (exact) mass is 662 g/mol. The van der Waals surface area contributed by atoms with Crippen molar-refractivity contribution < 1.29 is 29.4 Å². The van der Waals surface area contributed by atoms with Gasteiger partial charge in [-0.05, 0) is 57.8 Å². The molecule has 3 fully saturated rings. The largest absolute Gasteiger partial charge is 0.392 e. The highest BCUT2D eigenvalue weighted by Crippen LogP contribution is 2.34. The lowest BCUT2D eigenvalue weighted by atomic mass is 9.90. The minimum atomic E-state index is -0.694. The third kappa shape index (κ3) is 13.8. The number of hydrogen-bond acceptors (Lipinski definition) is 7. The van der Waals surface area contributed by atoms with Crippen molar-refractivity contribution in [1.29, 1.82) is 0 Å². The second-order valence-electron chi connectivity index (χ2n) is 13.1. The van der Waals surface area contributed by atoms with Crippen LogP contribution in [0.15, 0.2) is 24.3 Å². The van der Waals surface area contributed by atoms with E-state index in [0.717, 1.165) is 76.4 Å². The van der Waals surface area contributed by atoms with E-state index < -0.39 is 12.2 Å². The number of Topliss-reactive ketones (excluding diaryl/α,β-unsaturated/α-hetero) is 1. The standard InChI is InChI=1S/C35H58N4O6S/c1-2-3-7-14-25(40)19-20-27-26(29(41)23-30(27)42)15-8-4-5-9-17-32(43)36-21-12-6-13-22-37-33(44)18-11-10-16-31-34-28(24-46-31)38-35(45)39-34/h4,8,19-20,25-28,30-31,34,40,42H,2-3,5-7,9-18,21-24H2,1H3,(H,36,43)(H,37,44)(H2,38,39,45)/b8-4-,20-19+/t25-,26-,27-,28-,30-,31-,34+/m1/s1. The summed E-state index contributed by atoms with van der Waals surface area (Å²) in [5.74, 6) is 0.628. The van der Waals surface area contributed by atoms with Crippen LogP contribution in [0.5, 0.6) is 0 Å². The van der Waals surface area contributed by atoms with Gasteiger partial charge in [0, 0.05) is 55.2 Å². The number of allylic oxidation sites excluding steroid dienone is 2.